The number of hydrogen-bond acceptors (Lipinski definition) is 5. The number of hydrogen-bond donors (Lipinski definition) is 3. The first kappa shape index (κ1) is 14.1. The minimum absolute atomic E-state index is 0.510. The van der Waals surface area contributed by atoms with Crippen LogP contribution in [0.1, 0.15) is 29.4 Å². The molecule has 1 atom stereocenters. The van der Waals surface area contributed by atoms with Crippen molar-refractivity contribution in [1.82, 2.24) is 25.5 Å². The van der Waals surface area contributed by atoms with E-state index < -0.39 is 0 Å². The van der Waals surface area contributed by atoms with E-state index in [1.807, 2.05) is 25.1 Å². The Kier molecular flexibility index (Phi) is 3.67. The summed E-state index contributed by atoms with van der Waals surface area (Å²) < 4.78 is 0. The molecule has 0 radical (unpaired) electrons. The molecule has 0 bridgehead atoms. The molecule has 1 fully saturated rings. The number of aromatic nitrogens is 4. The lowest BCUT2D eigenvalue weighted by Crippen LogP contribution is -2.08. The van der Waals surface area contributed by atoms with Crippen molar-refractivity contribution in [2.24, 2.45) is 0 Å². The molecule has 4 rings (SSSR count). The van der Waals surface area contributed by atoms with Crippen LogP contribution in [0, 0.1) is 6.92 Å². The lowest BCUT2D eigenvalue weighted by molar-refractivity contribution is 0.738. The van der Waals surface area contributed by atoms with E-state index in [-0.39, 0.29) is 0 Å². The number of anilines is 1. The predicted molar refractivity (Wildman–Crippen MR) is 90.4 cm³/mol. The van der Waals surface area contributed by atoms with Crippen molar-refractivity contribution in [2.45, 2.75) is 25.8 Å². The number of pyridine rings is 2. The highest BCUT2D eigenvalue weighted by atomic mass is 15.2. The Hall–Kier alpha value is -2.47. The summed E-state index contributed by atoms with van der Waals surface area (Å²) in [7, 11) is 0. The van der Waals surface area contributed by atoms with Gasteiger partial charge in [-0.2, -0.15) is 5.10 Å². The van der Waals surface area contributed by atoms with Gasteiger partial charge in [0.15, 0.2) is 11.5 Å². The van der Waals surface area contributed by atoms with Gasteiger partial charge in [-0.1, -0.05) is 6.07 Å². The van der Waals surface area contributed by atoms with Gasteiger partial charge in [0.05, 0.1) is 17.6 Å². The van der Waals surface area contributed by atoms with Crippen molar-refractivity contribution >= 4 is 16.9 Å². The molecule has 0 spiro atoms. The highest BCUT2D eigenvalue weighted by molar-refractivity contribution is 5.87. The van der Waals surface area contributed by atoms with Gasteiger partial charge in [0.2, 0.25) is 0 Å². The molecule has 0 aromatic carbocycles. The molecule has 1 saturated heterocycles. The first-order valence-electron chi connectivity index (χ1n) is 8.02. The van der Waals surface area contributed by atoms with E-state index >= 15 is 0 Å². The van der Waals surface area contributed by atoms with Crippen molar-refractivity contribution in [3.05, 3.63) is 47.4 Å². The molecule has 6 heteroatoms. The SMILES string of the molecule is Cc1cccc(CNc2n[nH]c3nc(C4CCNC4)ccc23)n1. The second-order valence-electron chi connectivity index (χ2n) is 6.02. The van der Waals surface area contributed by atoms with Crippen molar-refractivity contribution in [1.29, 1.82) is 0 Å². The number of aryl methyl sites for hydroxylation is 1. The molecule has 3 aromatic heterocycles. The first-order chi connectivity index (χ1) is 11.3. The summed E-state index contributed by atoms with van der Waals surface area (Å²) >= 11 is 0. The Bertz CT molecular complexity index is 819. The number of rotatable bonds is 4. The molecule has 1 unspecified atom stereocenters. The van der Waals surface area contributed by atoms with Gasteiger partial charge in [-0.15, -0.1) is 0 Å². The average molecular weight is 308 g/mol. The average Bonchev–Trinajstić information content (AvgIpc) is 3.22. The molecule has 0 amide bonds. The van der Waals surface area contributed by atoms with E-state index in [2.05, 4.69) is 37.9 Å². The van der Waals surface area contributed by atoms with Crippen LogP contribution >= 0.6 is 0 Å². The van der Waals surface area contributed by atoms with Gasteiger partial charge in [0.1, 0.15) is 0 Å². The topological polar surface area (TPSA) is 78.5 Å². The van der Waals surface area contributed by atoms with Crippen molar-refractivity contribution < 1.29 is 0 Å². The van der Waals surface area contributed by atoms with Crippen molar-refractivity contribution in [3.8, 4) is 0 Å². The van der Waals surface area contributed by atoms with Crippen LogP contribution in [-0.2, 0) is 6.54 Å². The molecule has 0 aliphatic carbocycles. The first-order valence-corrected chi connectivity index (χ1v) is 8.02. The molecule has 23 heavy (non-hydrogen) atoms. The quantitative estimate of drug-likeness (QED) is 0.689. The lowest BCUT2D eigenvalue weighted by Gasteiger charge is -2.07. The fourth-order valence-electron chi connectivity index (χ4n) is 3.06. The third kappa shape index (κ3) is 2.90. The number of H-pyrrole nitrogens is 1. The van der Waals surface area contributed by atoms with Gasteiger partial charge in [0.25, 0.3) is 0 Å². The molecule has 6 nitrogen and oxygen atoms in total. The molecule has 118 valence electrons. The van der Waals surface area contributed by atoms with Gasteiger partial charge in [-0.05, 0) is 44.2 Å². The van der Waals surface area contributed by atoms with Gasteiger partial charge < -0.3 is 10.6 Å². The Morgan fingerprint density at radius 1 is 1.22 bits per heavy atom. The Morgan fingerprint density at radius 3 is 3.00 bits per heavy atom. The molecule has 3 aromatic rings. The fraction of sp³-hybridized carbons (Fsp3) is 0.353. The van der Waals surface area contributed by atoms with Gasteiger partial charge >= 0.3 is 0 Å². The summed E-state index contributed by atoms with van der Waals surface area (Å²) in [6, 6.07) is 10.2. The van der Waals surface area contributed by atoms with Gasteiger partial charge in [-0.3, -0.25) is 10.1 Å². The van der Waals surface area contributed by atoms with E-state index in [1.165, 1.54) is 0 Å². The molecule has 1 aliphatic rings. The number of nitrogens with zero attached hydrogens (tertiary/aromatic N) is 3. The van der Waals surface area contributed by atoms with Crippen LogP contribution in [0.5, 0.6) is 0 Å². The summed E-state index contributed by atoms with van der Waals surface area (Å²) in [6.45, 7) is 4.73. The van der Waals surface area contributed by atoms with Crippen LogP contribution < -0.4 is 10.6 Å². The number of fused-ring (bicyclic) bond motifs is 1. The van der Waals surface area contributed by atoms with Gasteiger partial charge in [0, 0.05) is 23.9 Å². The third-order valence-electron chi connectivity index (χ3n) is 4.31. The minimum Gasteiger partial charge on any atom is -0.362 e. The third-order valence-corrected chi connectivity index (χ3v) is 4.31. The molecule has 1 aliphatic heterocycles. The summed E-state index contributed by atoms with van der Waals surface area (Å²) in [6.07, 6.45) is 1.15. The highest BCUT2D eigenvalue weighted by Gasteiger charge is 2.19. The van der Waals surface area contributed by atoms with Crippen LogP contribution in [0.2, 0.25) is 0 Å². The lowest BCUT2D eigenvalue weighted by atomic mass is 10.0. The van der Waals surface area contributed by atoms with E-state index in [9.17, 15) is 0 Å². The summed E-state index contributed by atoms with van der Waals surface area (Å²) in [5, 5.41) is 15.1. The summed E-state index contributed by atoms with van der Waals surface area (Å²) in [5.41, 5.74) is 4.00. The zero-order valence-electron chi connectivity index (χ0n) is 13.1. The molecular weight excluding hydrogens is 288 g/mol. The van der Waals surface area contributed by atoms with Crippen LogP contribution in [0.15, 0.2) is 30.3 Å². The predicted octanol–water partition coefficient (Wildman–Crippen LogP) is 2.35. The Labute approximate surface area is 134 Å². The summed E-state index contributed by atoms with van der Waals surface area (Å²) in [4.78, 5) is 9.23. The maximum atomic E-state index is 4.73. The Balaban J connectivity index is 1.54. The second-order valence-corrected chi connectivity index (χ2v) is 6.02. The highest BCUT2D eigenvalue weighted by Crippen LogP contribution is 2.25. The maximum Gasteiger partial charge on any atom is 0.157 e. The van der Waals surface area contributed by atoms with Crippen LogP contribution in [0.25, 0.3) is 11.0 Å². The fourth-order valence-corrected chi connectivity index (χ4v) is 3.06. The van der Waals surface area contributed by atoms with Crippen LogP contribution in [-0.4, -0.2) is 33.3 Å². The smallest absolute Gasteiger partial charge is 0.157 e. The van der Waals surface area contributed by atoms with Gasteiger partial charge in [-0.25, -0.2) is 4.98 Å². The second kappa shape index (κ2) is 5.96. The maximum absolute atomic E-state index is 4.73. The molecule has 0 saturated carbocycles. The normalized spacial score (nSPS) is 17.7. The number of nitrogens with one attached hydrogen (secondary N) is 3. The van der Waals surface area contributed by atoms with E-state index in [4.69, 9.17) is 4.98 Å². The standard InChI is InChI=1S/C17H20N6/c1-11-3-2-4-13(20-11)10-19-16-14-5-6-15(12-7-8-18-9-12)21-17(14)23-22-16/h2-6,12,18H,7-10H2,1H3,(H2,19,21,22,23). The van der Waals surface area contributed by atoms with Crippen LogP contribution in [0.3, 0.4) is 0 Å². The van der Waals surface area contributed by atoms with E-state index in [1.54, 1.807) is 0 Å². The summed E-state index contributed by atoms with van der Waals surface area (Å²) in [5.74, 6) is 1.34. The molecule has 3 N–H and O–H groups in total. The molecular formula is C17H20N6. The van der Waals surface area contributed by atoms with Crippen molar-refractivity contribution in [3.63, 3.8) is 0 Å². The van der Waals surface area contributed by atoms with E-state index in [0.717, 1.165) is 53.4 Å². The molecule has 4 heterocycles. The monoisotopic (exact) mass is 308 g/mol. The zero-order valence-corrected chi connectivity index (χ0v) is 13.1. The van der Waals surface area contributed by atoms with E-state index in [0.29, 0.717) is 12.5 Å². The van der Waals surface area contributed by atoms with Crippen molar-refractivity contribution in [2.75, 3.05) is 18.4 Å². The Morgan fingerprint density at radius 2 is 2.17 bits per heavy atom. The number of aromatic amines is 1. The minimum atomic E-state index is 0.510. The van der Waals surface area contributed by atoms with Crippen LogP contribution in [0.4, 0.5) is 5.82 Å². The largest absolute Gasteiger partial charge is 0.362 e. The zero-order chi connectivity index (χ0) is 15.6.